The zero-order chi connectivity index (χ0) is 14.2. The summed E-state index contributed by atoms with van der Waals surface area (Å²) in [5, 5.41) is 3.58. The van der Waals surface area contributed by atoms with Gasteiger partial charge < -0.3 is 5.32 Å². The highest BCUT2D eigenvalue weighted by atomic mass is 14.9. The molecule has 0 saturated carbocycles. The molecule has 0 spiro atoms. The first-order chi connectivity index (χ1) is 8.14. The van der Waals surface area contributed by atoms with Crippen LogP contribution in [0.1, 0.15) is 80.6 Å². The molecule has 0 bridgehead atoms. The second-order valence-electron chi connectivity index (χ2n) is 8.25. The topological polar surface area (TPSA) is 12.0 Å². The first-order valence-corrected chi connectivity index (χ1v) is 7.85. The van der Waals surface area contributed by atoms with Crippen molar-refractivity contribution in [1.82, 2.24) is 5.32 Å². The summed E-state index contributed by atoms with van der Waals surface area (Å²) in [6.45, 7) is 18.6. The Labute approximate surface area is 116 Å². The molecule has 110 valence electrons. The van der Waals surface area contributed by atoms with Crippen molar-refractivity contribution in [2.45, 2.75) is 80.6 Å². The van der Waals surface area contributed by atoms with Gasteiger partial charge in [-0.15, -0.1) is 0 Å². The zero-order valence-corrected chi connectivity index (χ0v) is 14.0. The van der Waals surface area contributed by atoms with Gasteiger partial charge in [0.25, 0.3) is 0 Å². The molecule has 18 heavy (non-hydrogen) atoms. The molecule has 0 aliphatic carbocycles. The molecule has 0 amide bonds. The number of hydrogen-bond acceptors (Lipinski definition) is 1. The van der Waals surface area contributed by atoms with Gasteiger partial charge in [0.05, 0.1) is 0 Å². The molecule has 1 atom stereocenters. The van der Waals surface area contributed by atoms with E-state index in [9.17, 15) is 0 Å². The summed E-state index contributed by atoms with van der Waals surface area (Å²) in [6, 6.07) is 0. The maximum atomic E-state index is 3.58. The van der Waals surface area contributed by atoms with Crippen LogP contribution in [0.3, 0.4) is 0 Å². The lowest BCUT2D eigenvalue weighted by atomic mass is 9.84. The monoisotopic (exact) mass is 255 g/mol. The normalized spacial score (nSPS) is 14.8. The van der Waals surface area contributed by atoms with Crippen LogP contribution in [0.15, 0.2) is 0 Å². The zero-order valence-electron chi connectivity index (χ0n) is 14.0. The standard InChI is InChI=1S/C17H37N/c1-8-15(11-12-16(2,3)4)10-9-13-18-14-17(5,6)7/h15,18H,8-14H2,1-7H3/t15-/m1/s1. The van der Waals surface area contributed by atoms with Gasteiger partial charge in [-0.1, -0.05) is 54.9 Å². The van der Waals surface area contributed by atoms with Gasteiger partial charge in [0.1, 0.15) is 0 Å². The molecule has 0 aliphatic rings. The Morgan fingerprint density at radius 3 is 1.94 bits per heavy atom. The van der Waals surface area contributed by atoms with E-state index in [0.717, 1.165) is 12.5 Å². The third-order valence-corrected chi connectivity index (χ3v) is 3.50. The molecule has 0 saturated heterocycles. The molecule has 0 heterocycles. The first kappa shape index (κ1) is 18.0. The summed E-state index contributed by atoms with van der Waals surface area (Å²) >= 11 is 0. The van der Waals surface area contributed by atoms with E-state index in [-0.39, 0.29) is 0 Å². The molecular weight excluding hydrogens is 218 g/mol. The summed E-state index contributed by atoms with van der Waals surface area (Å²) in [6.07, 6.45) is 6.83. The van der Waals surface area contributed by atoms with Gasteiger partial charge in [0, 0.05) is 0 Å². The largest absolute Gasteiger partial charge is 0.316 e. The van der Waals surface area contributed by atoms with E-state index in [2.05, 4.69) is 53.8 Å². The highest BCUT2D eigenvalue weighted by Crippen LogP contribution is 2.26. The van der Waals surface area contributed by atoms with E-state index in [4.69, 9.17) is 0 Å². The van der Waals surface area contributed by atoms with E-state index in [1.807, 2.05) is 0 Å². The van der Waals surface area contributed by atoms with Gasteiger partial charge in [0.2, 0.25) is 0 Å². The van der Waals surface area contributed by atoms with Gasteiger partial charge in [-0.25, -0.2) is 0 Å². The molecule has 0 aromatic rings. The van der Waals surface area contributed by atoms with E-state index in [0.29, 0.717) is 10.8 Å². The Morgan fingerprint density at radius 2 is 1.50 bits per heavy atom. The van der Waals surface area contributed by atoms with Gasteiger partial charge in [-0.05, 0) is 55.5 Å². The quantitative estimate of drug-likeness (QED) is 0.584. The maximum Gasteiger partial charge on any atom is -0.0000126 e. The molecule has 0 aliphatic heterocycles. The second kappa shape index (κ2) is 8.19. The summed E-state index contributed by atoms with van der Waals surface area (Å²) in [4.78, 5) is 0. The Morgan fingerprint density at radius 1 is 0.889 bits per heavy atom. The Balaban J connectivity index is 3.62. The van der Waals surface area contributed by atoms with Crippen molar-refractivity contribution in [1.29, 1.82) is 0 Å². The number of nitrogens with one attached hydrogen (secondary N) is 1. The molecule has 1 nitrogen and oxygen atoms in total. The molecule has 0 aromatic carbocycles. The molecule has 0 aromatic heterocycles. The van der Waals surface area contributed by atoms with Crippen molar-refractivity contribution >= 4 is 0 Å². The second-order valence-corrected chi connectivity index (χ2v) is 8.25. The predicted molar refractivity (Wildman–Crippen MR) is 84.0 cm³/mol. The van der Waals surface area contributed by atoms with Gasteiger partial charge in [-0.2, -0.15) is 0 Å². The van der Waals surface area contributed by atoms with Gasteiger partial charge in [0.15, 0.2) is 0 Å². The smallest absolute Gasteiger partial charge is 0.0000126 e. The third kappa shape index (κ3) is 12.4. The minimum absolute atomic E-state index is 0.413. The highest BCUT2D eigenvalue weighted by Gasteiger charge is 2.14. The molecular formula is C17H37N. The maximum absolute atomic E-state index is 3.58. The van der Waals surface area contributed by atoms with Crippen molar-refractivity contribution in [2.75, 3.05) is 13.1 Å². The van der Waals surface area contributed by atoms with Crippen LogP contribution in [-0.4, -0.2) is 13.1 Å². The van der Waals surface area contributed by atoms with Crippen LogP contribution in [-0.2, 0) is 0 Å². The predicted octanol–water partition coefficient (Wildman–Crippen LogP) is 5.25. The lowest BCUT2D eigenvalue weighted by Gasteiger charge is -2.23. The average molecular weight is 255 g/mol. The lowest BCUT2D eigenvalue weighted by Crippen LogP contribution is -2.27. The summed E-state index contributed by atoms with van der Waals surface area (Å²) < 4.78 is 0. The minimum Gasteiger partial charge on any atom is -0.316 e. The van der Waals surface area contributed by atoms with Crippen molar-refractivity contribution in [3.8, 4) is 0 Å². The minimum atomic E-state index is 0.413. The molecule has 0 radical (unpaired) electrons. The molecule has 0 unspecified atom stereocenters. The fourth-order valence-corrected chi connectivity index (χ4v) is 2.17. The summed E-state index contributed by atoms with van der Waals surface area (Å²) in [5.74, 6) is 0.931. The van der Waals surface area contributed by atoms with E-state index in [1.54, 1.807) is 0 Å². The number of rotatable bonds is 8. The van der Waals surface area contributed by atoms with Crippen molar-refractivity contribution in [3.63, 3.8) is 0 Å². The van der Waals surface area contributed by atoms with E-state index < -0.39 is 0 Å². The molecule has 0 rings (SSSR count). The van der Waals surface area contributed by atoms with Crippen molar-refractivity contribution in [3.05, 3.63) is 0 Å². The van der Waals surface area contributed by atoms with E-state index in [1.165, 1.54) is 38.6 Å². The first-order valence-electron chi connectivity index (χ1n) is 7.85. The molecule has 1 N–H and O–H groups in total. The molecule has 0 fully saturated rings. The third-order valence-electron chi connectivity index (χ3n) is 3.50. The van der Waals surface area contributed by atoms with Crippen LogP contribution in [0.2, 0.25) is 0 Å². The summed E-state index contributed by atoms with van der Waals surface area (Å²) in [5.41, 5.74) is 0.911. The average Bonchev–Trinajstić information content (AvgIpc) is 2.19. The fraction of sp³-hybridized carbons (Fsp3) is 1.00. The van der Waals surface area contributed by atoms with Crippen LogP contribution in [0.4, 0.5) is 0 Å². The summed E-state index contributed by atoms with van der Waals surface area (Å²) in [7, 11) is 0. The van der Waals surface area contributed by atoms with Crippen LogP contribution < -0.4 is 5.32 Å². The van der Waals surface area contributed by atoms with Crippen molar-refractivity contribution in [2.24, 2.45) is 16.7 Å². The van der Waals surface area contributed by atoms with Crippen LogP contribution in [0.5, 0.6) is 0 Å². The van der Waals surface area contributed by atoms with Crippen molar-refractivity contribution < 1.29 is 0 Å². The van der Waals surface area contributed by atoms with Crippen LogP contribution in [0, 0.1) is 16.7 Å². The SMILES string of the molecule is CC[C@H](CCCNCC(C)(C)C)CCC(C)(C)C. The van der Waals surface area contributed by atoms with Gasteiger partial charge in [-0.3, -0.25) is 0 Å². The lowest BCUT2D eigenvalue weighted by molar-refractivity contribution is 0.302. The highest BCUT2D eigenvalue weighted by molar-refractivity contribution is 4.68. The Kier molecular flexibility index (Phi) is 8.18. The Bertz CT molecular complexity index is 195. The fourth-order valence-electron chi connectivity index (χ4n) is 2.17. The number of hydrogen-bond donors (Lipinski definition) is 1. The molecule has 1 heteroatoms. The van der Waals surface area contributed by atoms with Crippen LogP contribution in [0.25, 0.3) is 0 Å². The Hall–Kier alpha value is -0.0400. The van der Waals surface area contributed by atoms with Gasteiger partial charge >= 0.3 is 0 Å². The van der Waals surface area contributed by atoms with E-state index >= 15 is 0 Å². The van der Waals surface area contributed by atoms with Crippen LogP contribution >= 0.6 is 0 Å².